The molecule has 0 radical (unpaired) electrons. The van der Waals surface area contributed by atoms with Crippen LogP contribution in [0.2, 0.25) is 5.02 Å². The van der Waals surface area contributed by atoms with E-state index in [9.17, 15) is 0 Å². The minimum atomic E-state index is 0.671. The van der Waals surface area contributed by atoms with Gasteiger partial charge in [0.25, 0.3) is 0 Å². The summed E-state index contributed by atoms with van der Waals surface area (Å²) in [6, 6.07) is 7.87. The summed E-state index contributed by atoms with van der Waals surface area (Å²) in [7, 11) is 4.39. The molecule has 0 bridgehead atoms. The number of rotatable bonds is 6. The number of hydrogen-bond acceptors (Lipinski definition) is 3. The molecule has 0 spiro atoms. The van der Waals surface area contributed by atoms with E-state index in [1.54, 1.807) is 0 Å². The average Bonchev–Trinajstić information content (AvgIpc) is 3.21. The van der Waals surface area contributed by atoms with Crippen LogP contribution in [0.1, 0.15) is 31.2 Å². The van der Waals surface area contributed by atoms with Crippen molar-refractivity contribution >= 4 is 17.3 Å². The highest BCUT2D eigenvalue weighted by molar-refractivity contribution is 6.31. The first kappa shape index (κ1) is 15.1. The molecule has 1 heterocycles. The van der Waals surface area contributed by atoms with Gasteiger partial charge in [-0.15, -0.1) is 0 Å². The first-order valence-electron chi connectivity index (χ1n) is 8.06. The van der Waals surface area contributed by atoms with Gasteiger partial charge in [0, 0.05) is 42.9 Å². The molecule has 3 nitrogen and oxygen atoms in total. The third kappa shape index (κ3) is 3.91. The van der Waals surface area contributed by atoms with E-state index < -0.39 is 0 Å². The molecule has 1 saturated heterocycles. The van der Waals surface area contributed by atoms with Crippen molar-refractivity contribution in [2.75, 3.05) is 32.1 Å². The lowest BCUT2D eigenvalue weighted by Gasteiger charge is -2.27. The van der Waals surface area contributed by atoms with Gasteiger partial charge < -0.3 is 15.1 Å². The van der Waals surface area contributed by atoms with Crippen LogP contribution in [0.15, 0.2) is 18.2 Å². The molecule has 0 amide bonds. The Labute approximate surface area is 133 Å². The van der Waals surface area contributed by atoms with Crippen LogP contribution in [0.25, 0.3) is 0 Å². The van der Waals surface area contributed by atoms with Crippen LogP contribution in [-0.4, -0.2) is 44.2 Å². The minimum absolute atomic E-state index is 0.671. The Bertz CT molecular complexity index is 487. The van der Waals surface area contributed by atoms with Crippen molar-refractivity contribution in [2.24, 2.45) is 0 Å². The number of likely N-dealkylation sites (N-methyl/N-ethyl adjacent to an activating group) is 2. The van der Waals surface area contributed by atoms with Crippen molar-refractivity contribution in [2.45, 2.75) is 44.3 Å². The molecule has 1 atom stereocenters. The zero-order valence-corrected chi connectivity index (χ0v) is 13.9. The Morgan fingerprint density at radius 1 is 1.33 bits per heavy atom. The number of nitrogens with one attached hydrogen (secondary N) is 1. The Hall–Kier alpha value is -0.770. The molecule has 1 saturated carbocycles. The zero-order chi connectivity index (χ0) is 14.8. The molecule has 1 aromatic carbocycles. The summed E-state index contributed by atoms with van der Waals surface area (Å²) in [6.07, 6.45) is 5.25. The van der Waals surface area contributed by atoms with Gasteiger partial charge in [0.15, 0.2) is 0 Å². The summed E-state index contributed by atoms with van der Waals surface area (Å²) < 4.78 is 0. The lowest BCUT2D eigenvalue weighted by atomic mass is 10.1. The molecular formula is C17H26ClN3. The largest absolute Gasteiger partial charge is 0.373 e. The maximum atomic E-state index is 6.45. The van der Waals surface area contributed by atoms with E-state index in [0.717, 1.165) is 24.2 Å². The van der Waals surface area contributed by atoms with E-state index in [-0.39, 0.29) is 0 Å². The first-order chi connectivity index (χ1) is 10.1. The standard InChI is InChI=1S/C17H26ClN3/c1-20-9-3-4-16(20)12-21(2)15-8-5-13(17(18)10-15)11-19-14-6-7-14/h5,8,10,14,16,19H,3-4,6-7,9,11-12H2,1-2H3. The van der Waals surface area contributed by atoms with Crippen LogP contribution in [0, 0.1) is 0 Å². The van der Waals surface area contributed by atoms with Gasteiger partial charge in [0.1, 0.15) is 0 Å². The van der Waals surface area contributed by atoms with Gasteiger partial charge in [-0.1, -0.05) is 17.7 Å². The summed E-state index contributed by atoms with van der Waals surface area (Å²) in [5.41, 5.74) is 2.43. The number of halogens is 1. The summed E-state index contributed by atoms with van der Waals surface area (Å²) in [5, 5.41) is 4.40. The van der Waals surface area contributed by atoms with Crippen LogP contribution >= 0.6 is 11.6 Å². The molecule has 116 valence electrons. The molecule has 1 aliphatic heterocycles. The Balaban J connectivity index is 1.60. The molecule has 4 heteroatoms. The zero-order valence-electron chi connectivity index (χ0n) is 13.1. The van der Waals surface area contributed by atoms with E-state index in [1.807, 2.05) is 0 Å². The monoisotopic (exact) mass is 307 g/mol. The van der Waals surface area contributed by atoms with Gasteiger partial charge >= 0.3 is 0 Å². The molecule has 2 aliphatic rings. The summed E-state index contributed by atoms with van der Waals surface area (Å²) in [4.78, 5) is 4.79. The number of anilines is 1. The third-order valence-corrected chi connectivity index (χ3v) is 5.14. The Morgan fingerprint density at radius 3 is 2.76 bits per heavy atom. The second-order valence-corrected chi connectivity index (χ2v) is 7.00. The van der Waals surface area contributed by atoms with Crippen LogP contribution < -0.4 is 10.2 Å². The SMILES string of the molecule is CN(CC1CCCN1C)c1ccc(CNC2CC2)c(Cl)c1. The number of hydrogen-bond donors (Lipinski definition) is 1. The average molecular weight is 308 g/mol. The fourth-order valence-electron chi connectivity index (χ4n) is 3.09. The highest BCUT2D eigenvalue weighted by Crippen LogP contribution is 2.26. The van der Waals surface area contributed by atoms with E-state index >= 15 is 0 Å². The van der Waals surface area contributed by atoms with Crippen LogP contribution in [0.4, 0.5) is 5.69 Å². The first-order valence-corrected chi connectivity index (χ1v) is 8.44. The predicted octanol–water partition coefficient (Wildman–Crippen LogP) is 3.12. The van der Waals surface area contributed by atoms with Gasteiger partial charge in [-0.2, -0.15) is 0 Å². The maximum absolute atomic E-state index is 6.45. The number of likely N-dealkylation sites (tertiary alicyclic amines) is 1. The van der Waals surface area contributed by atoms with Crippen LogP contribution in [-0.2, 0) is 6.54 Å². The fourth-order valence-corrected chi connectivity index (χ4v) is 3.33. The van der Waals surface area contributed by atoms with Crippen molar-refractivity contribution in [3.8, 4) is 0 Å². The van der Waals surface area contributed by atoms with Crippen molar-refractivity contribution in [3.05, 3.63) is 28.8 Å². The highest BCUT2D eigenvalue weighted by atomic mass is 35.5. The maximum Gasteiger partial charge on any atom is 0.0471 e. The molecule has 3 rings (SSSR count). The van der Waals surface area contributed by atoms with Crippen LogP contribution in [0.3, 0.4) is 0 Å². The third-order valence-electron chi connectivity index (χ3n) is 4.79. The summed E-state index contributed by atoms with van der Waals surface area (Å²) in [6.45, 7) is 3.19. The fraction of sp³-hybridized carbons (Fsp3) is 0.647. The molecule has 2 fully saturated rings. The number of nitrogens with zero attached hydrogens (tertiary/aromatic N) is 2. The Kier molecular flexibility index (Phi) is 4.72. The molecule has 1 aromatic rings. The van der Waals surface area contributed by atoms with Crippen molar-refractivity contribution in [1.29, 1.82) is 0 Å². The molecular weight excluding hydrogens is 282 g/mol. The van der Waals surface area contributed by atoms with Gasteiger partial charge in [-0.05, 0) is 57.0 Å². The predicted molar refractivity (Wildman–Crippen MR) is 90.2 cm³/mol. The van der Waals surface area contributed by atoms with Gasteiger partial charge in [0.05, 0.1) is 0 Å². The van der Waals surface area contributed by atoms with Gasteiger partial charge in [0.2, 0.25) is 0 Å². The van der Waals surface area contributed by atoms with E-state index in [2.05, 4.69) is 47.4 Å². The lowest BCUT2D eigenvalue weighted by molar-refractivity contribution is 0.314. The normalized spacial score (nSPS) is 22.7. The van der Waals surface area contributed by atoms with Crippen molar-refractivity contribution < 1.29 is 0 Å². The summed E-state index contributed by atoms with van der Waals surface area (Å²) >= 11 is 6.45. The molecule has 21 heavy (non-hydrogen) atoms. The smallest absolute Gasteiger partial charge is 0.0471 e. The van der Waals surface area contributed by atoms with E-state index in [4.69, 9.17) is 11.6 Å². The molecule has 1 unspecified atom stereocenters. The van der Waals surface area contributed by atoms with E-state index in [0.29, 0.717) is 6.04 Å². The summed E-state index contributed by atoms with van der Waals surface area (Å²) in [5.74, 6) is 0. The van der Waals surface area contributed by atoms with E-state index in [1.165, 1.54) is 43.5 Å². The molecule has 0 aromatic heterocycles. The van der Waals surface area contributed by atoms with Crippen LogP contribution in [0.5, 0.6) is 0 Å². The number of benzene rings is 1. The lowest BCUT2D eigenvalue weighted by Crippen LogP contribution is -2.36. The topological polar surface area (TPSA) is 18.5 Å². The minimum Gasteiger partial charge on any atom is -0.373 e. The van der Waals surface area contributed by atoms with Gasteiger partial charge in [-0.25, -0.2) is 0 Å². The molecule has 1 N–H and O–H groups in total. The highest BCUT2D eigenvalue weighted by Gasteiger charge is 2.23. The van der Waals surface area contributed by atoms with Crippen molar-refractivity contribution in [1.82, 2.24) is 10.2 Å². The Morgan fingerprint density at radius 2 is 2.14 bits per heavy atom. The van der Waals surface area contributed by atoms with Gasteiger partial charge in [-0.3, -0.25) is 0 Å². The molecule has 1 aliphatic carbocycles. The quantitative estimate of drug-likeness (QED) is 0.871. The second kappa shape index (κ2) is 6.55. The van der Waals surface area contributed by atoms with Crippen molar-refractivity contribution in [3.63, 3.8) is 0 Å². The second-order valence-electron chi connectivity index (χ2n) is 6.59.